The maximum atomic E-state index is 12.3. The van der Waals surface area contributed by atoms with Crippen LogP contribution in [0.15, 0.2) is 30.3 Å². The van der Waals surface area contributed by atoms with Crippen molar-refractivity contribution in [3.8, 4) is 0 Å². The van der Waals surface area contributed by atoms with Crippen molar-refractivity contribution in [1.82, 2.24) is 10.2 Å². The number of carbonyl (C=O) groups excluding carboxylic acids is 2. The largest absolute Gasteiger partial charge is 0.444 e. The highest BCUT2D eigenvalue weighted by molar-refractivity contribution is 5.93. The van der Waals surface area contributed by atoms with Crippen LogP contribution in [0.5, 0.6) is 0 Å². The first kappa shape index (κ1) is 18.4. The zero-order chi connectivity index (χ0) is 17.5. The van der Waals surface area contributed by atoms with Gasteiger partial charge in [0, 0.05) is 13.2 Å². The third-order valence-corrected chi connectivity index (χ3v) is 4.57. The zero-order valence-electron chi connectivity index (χ0n) is 14.5. The van der Waals surface area contributed by atoms with Gasteiger partial charge in [0.25, 0.3) is 0 Å². The number of alkyl carbamates (subject to hydrolysis) is 1. The summed E-state index contributed by atoms with van der Waals surface area (Å²) in [5, 5.41) is 2.30. The summed E-state index contributed by atoms with van der Waals surface area (Å²) in [7, 11) is 3.64. The number of ether oxygens (including phenoxy) is 2. The zero-order valence-corrected chi connectivity index (χ0v) is 14.5. The fourth-order valence-corrected chi connectivity index (χ4v) is 3.17. The van der Waals surface area contributed by atoms with Gasteiger partial charge in [-0.15, -0.1) is 0 Å². The van der Waals surface area contributed by atoms with E-state index >= 15 is 0 Å². The molecular weight excluding hydrogens is 308 g/mol. The Morgan fingerprint density at radius 3 is 2.62 bits per heavy atom. The molecule has 0 aromatic heterocycles. The monoisotopic (exact) mass is 334 g/mol. The molecule has 2 amide bonds. The first-order valence-corrected chi connectivity index (χ1v) is 8.27. The SMILES string of the molecule is CO[C@H]([C@@H](C)C(=O)NC(=O)OCc1ccccc1)[C@@H]1CCCN1C. The van der Waals surface area contributed by atoms with Gasteiger partial charge in [0.2, 0.25) is 5.91 Å². The second kappa shape index (κ2) is 8.80. The predicted molar refractivity (Wildman–Crippen MR) is 90.4 cm³/mol. The number of likely N-dealkylation sites (N-methyl/N-ethyl adjacent to an activating group) is 1. The summed E-state index contributed by atoms with van der Waals surface area (Å²) in [6.07, 6.45) is 1.10. The normalized spacial score (nSPS) is 20.4. The third-order valence-electron chi connectivity index (χ3n) is 4.57. The molecule has 1 aromatic carbocycles. The lowest BCUT2D eigenvalue weighted by Gasteiger charge is -2.31. The minimum absolute atomic E-state index is 0.132. The second-order valence-electron chi connectivity index (χ2n) is 6.23. The predicted octanol–water partition coefficient (Wildman–Crippen LogP) is 2.18. The summed E-state index contributed by atoms with van der Waals surface area (Å²) in [5.41, 5.74) is 0.871. The van der Waals surface area contributed by atoms with E-state index in [0.717, 1.165) is 24.9 Å². The number of nitrogens with one attached hydrogen (secondary N) is 1. The quantitative estimate of drug-likeness (QED) is 0.864. The molecule has 0 saturated carbocycles. The molecule has 0 bridgehead atoms. The van der Waals surface area contributed by atoms with E-state index in [-0.39, 0.29) is 24.7 Å². The Bertz CT molecular complexity index is 549. The number of hydrogen-bond acceptors (Lipinski definition) is 5. The van der Waals surface area contributed by atoms with E-state index in [1.54, 1.807) is 14.0 Å². The average molecular weight is 334 g/mol. The van der Waals surface area contributed by atoms with Crippen LogP contribution in [-0.2, 0) is 20.9 Å². The molecule has 1 N–H and O–H groups in total. The second-order valence-corrected chi connectivity index (χ2v) is 6.23. The lowest BCUT2D eigenvalue weighted by Crippen LogP contribution is -2.48. The standard InChI is InChI=1S/C18H26N2O4/c1-13(16(23-3)15-10-7-11-20(15)2)17(21)19-18(22)24-12-14-8-5-4-6-9-14/h4-6,8-9,13,15-16H,7,10-12H2,1-3H3,(H,19,21,22)/t13-,15+,16-/m1/s1. The molecule has 1 aliphatic rings. The third kappa shape index (κ3) is 4.79. The van der Waals surface area contributed by atoms with Gasteiger partial charge < -0.3 is 14.4 Å². The van der Waals surface area contributed by atoms with Crippen LogP contribution in [0.3, 0.4) is 0 Å². The summed E-state index contributed by atoms with van der Waals surface area (Å²) in [4.78, 5) is 26.3. The van der Waals surface area contributed by atoms with Crippen LogP contribution >= 0.6 is 0 Å². The number of carbonyl (C=O) groups is 2. The number of amides is 2. The maximum Gasteiger partial charge on any atom is 0.414 e. The highest BCUT2D eigenvalue weighted by Gasteiger charge is 2.36. The van der Waals surface area contributed by atoms with Gasteiger partial charge in [0.05, 0.1) is 12.0 Å². The van der Waals surface area contributed by atoms with Crippen molar-refractivity contribution in [2.75, 3.05) is 20.7 Å². The summed E-state index contributed by atoms with van der Waals surface area (Å²) >= 11 is 0. The fourth-order valence-electron chi connectivity index (χ4n) is 3.17. The van der Waals surface area contributed by atoms with Crippen molar-refractivity contribution in [2.24, 2.45) is 5.92 Å². The number of likely N-dealkylation sites (tertiary alicyclic amines) is 1. The van der Waals surface area contributed by atoms with Crippen LogP contribution in [0.2, 0.25) is 0 Å². The molecule has 0 unspecified atom stereocenters. The first-order chi connectivity index (χ1) is 11.5. The molecule has 0 spiro atoms. The van der Waals surface area contributed by atoms with Crippen LogP contribution in [0.25, 0.3) is 0 Å². The van der Waals surface area contributed by atoms with Gasteiger partial charge in [-0.05, 0) is 32.0 Å². The van der Waals surface area contributed by atoms with Crippen molar-refractivity contribution in [1.29, 1.82) is 0 Å². The van der Waals surface area contributed by atoms with Crippen molar-refractivity contribution in [3.63, 3.8) is 0 Å². The number of nitrogens with zero attached hydrogens (tertiary/aromatic N) is 1. The Labute approximate surface area is 143 Å². The van der Waals surface area contributed by atoms with Crippen molar-refractivity contribution in [3.05, 3.63) is 35.9 Å². The van der Waals surface area contributed by atoms with Gasteiger partial charge in [-0.1, -0.05) is 37.3 Å². The number of benzene rings is 1. The Balaban J connectivity index is 1.84. The highest BCUT2D eigenvalue weighted by Crippen LogP contribution is 2.24. The van der Waals surface area contributed by atoms with Crippen molar-refractivity contribution < 1.29 is 19.1 Å². The lowest BCUT2D eigenvalue weighted by atomic mass is 9.95. The van der Waals surface area contributed by atoms with E-state index in [9.17, 15) is 9.59 Å². The van der Waals surface area contributed by atoms with E-state index in [2.05, 4.69) is 10.2 Å². The molecule has 0 aliphatic carbocycles. The molecule has 1 fully saturated rings. The fraction of sp³-hybridized carbons (Fsp3) is 0.556. The molecule has 2 rings (SSSR count). The molecule has 1 saturated heterocycles. The van der Waals surface area contributed by atoms with E-state index in [1.165, 1.54) is 0 Å². The van der Waals surface area contributed by atoms with Crippen LogP contribution in [0, 0.1) is 5.92 Å². The van der Waals surface area contributed by atoms with Gasteiger partial charge in [0.15, 0.2) is 0 Å². The molecule has 132 valence electrons. The van der Waals surface area contributed by atoms with Crippen molar-refractivity contribution >= 4 is 12.0 Å². The van der Waals surface area contributed by atoms with Crippen molar-refractivity contribution in [2.45, 2.75) is 38.5 Å². The van der Waals surface area contributed by atoms with Gasteiger partial charge >= 0.3 is 6.09 Å². The summed E-state index contributed by atoms with van der Waals surface area (Å²) in [6.45, 7) is 2.91. The van der Waals surface area contributed by atoms with Gasteiger partial charge in [-0.2, -0.15) is 0 Å². The molecule has 6 nitrogen and oxygen atoms in total. The summed E-state index contributed by atoms with van der Waals surface area (Å²) < 4.78 is 10.6. The molecule has 6 heteroatoms. The average Bonchev–Trinajstić information content (AvgIpc) is 3.00. The highest BCUT2D eigenvalue weighted by atomic mass is 16.5. The molecule has 24 heavy (non-hydrogen) atoms. The summed E-state index contributed by atoms with van der Waals surface area (Å²) in [5.74, 6) is -0.815. The van der Waals surface area contributed by atoms with Gasteiger partial charge in [-0.25, -0.2) is 4.79 Å². The minimum atomic E-state index is -0.731. The smallest absolute Gasteiger partial charge is 0.414 e. The molecule has 1 heterocycles. The van der Waals surface area contributed by atoms with E-state index in [0.29, 0.717) is 0 Å². The Kier molecular flexibility index (Phi) is 6.75. The topological polar surface area (TPSA) is 67.9 Å². The number of imide groups is 1. The molecule has 1 aromatic rings. The first-order valence-electron chi connectivity index (χ1n) is 8.27. The van der Waals surface area contributed by atoms with Crippen LogP contribution in [0.1, 0.15) is 25.3 Å². The summed E-state index contributed by atoms with van der Waals surface area (Å²) in [6, 6.07) is 9.52. The number of methoxy groups -OCH3 is 1. The van der Waals surface area contributed by atoms with E-state index < -0.39 is 12.0 Å². The molecule has 3 atom stereocenters. The van der Waals surface area contributed by atoms with Gasteiger partial charge in [0.1, 0.15) is 6.61 Å². The Morgan fingerprint density at radius 2 is 2.04 bits per heavy atom. The minimum Gasteiger partial charge on any atom is -0.444 e. The van der Waals surface area contributed by atoms with Gasteiger partial charge in [-0.3, -0.25) is 10.1 Å². The Morgan fingerprint density at radius 1 is 1.33 bits per heavy atom. The van der Waals surface area contributed by atoms with E-state index in [1.807, 2.05) is 37.4 Å². The molecular formula is C18H26N2O4. The van der Waals surface area contributed by atoms with Crippen LogP contribution < -0.4 is 5.32 Å². The lowest BCUT2D eigenvalue weighted by molar-refractivity contribution is -0.129. The van der Waals surface area contributed by atoms with Crippen LogP contribution in [0.4, 0.5) is 4.79 Å². The number of rotatable bonds is 6. The Hall–Kier alpha value is -1.92. The maximum absolute atomic E-state index is 12.3. The molecule has 0 radical (unpaired) electrons. The van der Waals surface area contributed by atoms with Crippen LogP contribution in [-0.4, -0.2) is 49.7 Å². The molecule has 1 aliphatic heterocycles. The number of hydrogen-bond donors (Lipinski definition) is 1. The van der Waals surface area contributed by atoms with E-state index in [4.69, 9.17) is 9.47 Å².